The maximum absolute atomic E-state index is 13.3. The Morgan fingerprint density at radius 1 is 1.00 bits per heavy atom. The van der Waals surface area contributed by atoms with E-state index in [0.29, 0.717) is 16.5 Å². The summed E-state index contributed by atoms with van der Waals surface area (Å²) >= 11 is 12.2. The molecule has 0 saturated carbocycles. The van der Waals surface area contributed by atoms with E-state index in [2.05, 4.69) is 5.32 Å². The van der Waals surface area contributed by atoms with Crippen molar-refractivity contribution in [1.82, 2.24) is 10.2 Å². The summed E-state index contributed by atoms with van der Waals surface area (Å²) in [6.45, 7) is 9.97. The van der Waals surface area contributed by atoms with Gasteiger partial charge in [0.1, 0.15) is 6.04 Å². The molecule has 2 aromatic carbocycles. The number of halogens is 2. The summed E-state index contributed by atoms with van der Waals surface area (Å²) in [4.78, 5) is 27.9. The minimum Gasteiger partial charge on any atom is -0.350 e. The second-order valence-corrected chi connectivity index (χ2v) is 9.41. The molecule has 1 N–H and O–H groups in total. The van der Waals surface area contributed by atoms with Gasteiger partial charge in [0.05, 0.1) is 16.5 Å². The first-order chi connectivity index (χ1) is 14.0. The molecule has 162 valence electrons. The van der Waals surface area contributed by atoms with Crippen molar-refractivity contribution in [2.45, 2.75) is 65.6 Å². The summed E-state index contributed by atoms with van der Waals surface area (Å²) in [5.41, 5.74) is 2.48. The van der Waals surface area contributed by atoms with Crippen LogP contribution in [0.5, 0.6) is 0 Å². The number of amides is 2. The smallest absolute Gasteiger partial charge is 0.243 e. The molecule has 0 aliphatic heterocycles. The van der Waals surface area contributed by atoms with Crippen LogP contribution in [-0.2, 0) is 22.6 Å². The van der Waals surface area contributed by atoms with Crippen molar-refractivity contribution >= 4 is 35.0 Å². The Hall–Kier alpha value is -2.04. The number of nitrogens with zero attached hydrogens (tertiary/aromatic N) is 1. The van der Waals surface area contributed by atoms with E-state index in [1.807, 2.05) is 65.0 Å². The molecule has 0 spiro atoms. The van der Waals surface area contributed by atoms with Crippen LogP contribution in [0.3, 0.4) is 0 Å². The Morgan fingerprint density at radius 2 is 1.60 bits per heavy atom. The molecule has 0 aromatic heterocycles. The lowest BCUT2D eigenvalue weighted by atomic mass is 10.0. The number of aryl methyl sites for hydroxylation is 1. The number of carbonyl (C=O) groups excluding carboxylic acids is 2. The molecule has 1 atom stereocenters. The highest BCUT2D eigenvalue weighted by molar-refractivity contribution is 6.42. The van der Waals surface area contributed by atoms with Crippen molar-refractivity contribution in [3.05, 3.63) is 69.2 Å². The van der Waals surface area contributed by atoms with Crippen molar-refractivity contribution in [2.24, 2.45) is 0 Å². The number of hydrogen-bond donors (Lipinski definition) is 1. The van der Waals surface area contributed by atoms with Crippen LogP contribution in [-0.4, -0.2) is 28.3 Å². The van der Waals surface area contributed by atoms with E-state index < -0.39 is 6.04 Å². The Balaban J connectivity index is 2.33. The maximum Gasteiger partial charge on any atom is 0.243 e. The molecule has 0 fully saturated rings. The van der Waals surface area contributed by atoms with Crippen LogP contribution >= 0.6 is 23.2 Å². The molecule has 2 amide bonds. The van der Waals surface area contributed by atoms with Gasteiger partial charge in [0.2, 0.25) is 11.8 Å². The predicted molar refractivity (Wildman–Crippen MR) is 124 cm³/mol. The van der Waals surface area contributed by atoms with Gasteiger partial charge in [-0.05, 0) is 57.4 Å². The largest absolute Gasteiger partial charge is 0.350 e. The van der Waals surface area contributed by atoms with Gasteiger partial charge in [-0.3, -0.25) is 9.59 Å². The molecular weight excluding hydrogens is 419 g/mol. The lowest BCUT2D eigenvalue weighted by Crippen LogP contribution is -2.53. The third-order valence-electron chi connectivity index (χ3n) is 4.70. The number of rotatable bonds is 7. The zero-order chi connectivity index (χ0) is 22.5. The van der Waals surface area contributed by atoms with Gasteiger partial charge in [0.15, 0.2) is 0 Å². The first-order valence-corrected chi connectivity index (χ1v) is 10.9. The van der Waals surface area contributed by atoms with E-state index >= 15 is 0 Å². The molecule has 0 radical (unpaired) electrons. The van der Waals surface area contributed by atoms with Gasteiger partial charge < -0.3 is 10.2 Å². The molecule has 0 heterocycles. The molecule has 0 aliphatic carbocycles. The Bertz CT molecular complexity index is 889. The summed E-state index contributed by atoms with van der Waals surface area (Å²) in [5.74, 6) is -0.275. The third kappa shape index (κ3) is 7.03. The SMILES string of the molecule is CC[C@@H](C(=O)NC(C)(C)C)N(Cc1ccc(Cl)c(Cl)c1)C(=O)Cc1ccc(C)cc1. The number of benzene rings is 2. The highest BCUT2D eigenvalue weighted by Crippen LogP contribution is 2.24. The van der Waals surface area contributed by atoms with Crippen molar-refractivity contribution in [1.29, 1.82) is 0 Å². The van der Waals surface area contributed by atoms with Crippen LogP contribution in [0.25, 0.3) is 0 Å². The highest BCUT2D eigenvalue weighted by atomic mass is 35.5. The molecule has 6 heteroatoms. The van der Waals surface area contributed by atoms with Gasteiger partial charge >= 0.3 is 0 Å². The fourth-order valence-corrected chi connectivity index (χ4v) is 3.51. The number of hydrogen-bond acceptors (Lipinski definition) is 2. The van der Waals surface area contributed by atoms with Crippen LogP contribution in [0.15, 0.2) is 42.5 Å². The van der Waals surface area contributed by atoms with E-state index in [0.717, 1.165) is 16.7 Å². The summed E-state index contributed by atoms with van der Waals surface area (Å²) in [6, 6.07) is 12.5. The van der Waals surface area contributed by atoms with Crippen molar-refractivity contribution in [2.75, 3.05) is 0 Å². The van der Waals surface area contributed by atoms with Gasteiger partial charge in [-0.2, -0.15) is 0 Å². The van der Waals surface area contributed by atoms with Crippen LogP contribution in [0.2, 0.25) is 10.0 Å². The average molecular weight is 449 g/mol. The van der Waals surface area contributed by atoms with Crippen molar-refractivity contribution in [3.8, 4) is 0 Å². The van der Waals surface area contributed by atoms with Crippen LogP contribution in [0.4, 0.5) is 0 Å². The first kappa shape index (κ1) is 24.2. The van der Waals surface area contributed by atoms with Gasteiger partial charge in [0, 0.05) is 12.1 Å². The van der Waals surface area contributed by atoms with Gasteiger partial charge in [0.25, 0.3) is 0 Å². The van der Waals surface area contributed by atoms with E-state index in [-0.39, 0.29) is 30.3 Å². The summed E-state index contributed by atoms with van der Waals surface area (Å²) in [6.07, 6.45) is 0.726. The second kappa shape index (κ2) is 10.3. The molecular formula is C24H30Cl2N2O2. The van der Waals surface area contributed by atoms with Crippen LogP contribution < -0.4 is 5.32 Å². The van der Waals surface area contributed by atoms with E-state index in [9.17, 15) is 9.59 Å². The van der Waals surface area contributed by atoms with Gasteiger partial charge in [-0.15, -0.1) is 0 Å². The molecule has 2 rings (SSSR count). The summed E-state index contributed by atoms with van der Waals surface area (Å²) < 4.78 is 0. The molecule has 30 heavy (non-hydrogen) atoms. The maximum atomic E-state index is 13.3. The monoisotopic (exact) mass is 448 g/mol. The summed E-state index contributed by atoms with van der Waals surface area (Å²) in [7, 11) is 0. The fraction of sp³-hybridized carbons (Fsp3) is 0.417. The first-order valence-electron chi connectivity index (χ1n) is 10.1. The zero-order valence-electron chi connectivity index (χ0n) is 18.3. The number of carbonyl (C=O) groups is 2. The van der Waals surface area contributed by atoms with E-state index in [4.69, 9.17) is 23.2 Å². The van der Waals surface area contributed by atoms with Crippen LogP contribution in [0.1, 0.15) is 50.8 Å². The summed E-state index contributed by atoms with van der Waals surface area (Å²) in [5, 5.41) is 3.88. The quantitative estimate of drug-likeness (QED) is 0.601. The molecule has 0 aliphatic rings. The van der Waals surface area contributed by atoms with Crippen LogP contribution in [0, 0.1) is 6.92 Å². The van der Waals surface area contributed by atoms with E-state index in [1.54, 1.807) is 17.0 Å². The lowest BCUT2D eigenvalue weighted by molar-refractivity contribution is -0.141. The minimum absolute atomic E-state index is 0.110. The Morgan fingerprint density at radius 3 is 2.13 bits per heavy atom. The average Bonchev–Trinajstić information content (AvgIpc) is 2.64. The predicted octanol–water partition coefficient (Wildman–Crippen LogP) is 5.57. The lowest BCUT2D eigenvalue weighted by Gasteiger charge is -2.33. The Kier molecular flexibility index (Phi) is 8.34. The minimum atomic E-state index is -0.586. The van der Waals surface area contributed by atoms with Crippen molar-refractivity contribution in [3.63, 3.8) is 0 Å². The van der Waals surface area contributed by atoms with Gasteiger partial charge in [-0.25, -0.2) is 0 Å². The normalized spacial score (nSPS) is 12.4. The molecule has 0 bridgehead atoms. The Labute approximate surface area is 189 Å². The number of nitrogens with one attached hydrogen (secondary N) is 1. The standard InChI is InChI=1S/C24H30Cl2N2O2/c1-6-21(23(30)27-24(3,4)5)28(15-18-11-12-19(25)20(26)13-18)22(29)14-17-9-7-16(2)8-10-17/h7-13,21H,6,14-15H2,1-5H3,(H,27,30)/t21-/m0/s1. The molecule has 0 unspecified atom stereocenters. The van der Waals surface area contributed by atoms with Gasteiger partial charge in [-0.1, -0.05) is 66.0 Å². The third-order valence-corrected chi connectivity index (χ3v) is 5.44. The molecule has 4 nitrogen and oxygen atoms in total. The molecule has 0 saturated heterocycles. The fourth-order valence-electron chi connectivity index (χ4n) is 3.19. The van der Waals surface area contributed by atoms with E-state index in [1.165, 1.54) is 0 Å². The zero-order valence-corrected chi connectivity index (χ0v) is 19.8. The van der Waals surface area contributed by atoms with Crippen molar-refractivity contribution < 1.29 is 9.59 Å². The highest BCUT2D eigenvalue weighted by Gasteiger charge is 2.30. The molecule has 2 aromatic rings. The topological polar surface area (TPSA) is 49.4 Å². The second-order valence-electron chi connectivity index (χ2n) is 8.60.